The minimum Gasteiger partial charge on any atom is -0.497 e. The Labute approximate surface area is 281 Å². The van der Waals surface area contributed by atoms with Crippen LogP contribution < -0.4 is 26.9 Å². The summed E-state index contributed by atoms with van der Waals surface area (Å²) in [5, 5.41) is 13.1. The zero-order chi connectivity index (χ0) is 33.6. The number of hydrogen-bond donors (Lipinski definition) is 2. The van der Waals surface area contributed by atoms with Crippen molar-refractivity contribution < 1.29 is 19.0 Å². The van der Waals surface area contributed by atoms with Crippen LogP contribution in [0.15, 0.2) is 81.1 Å². The van der Waals surface area contributed by atoms with Crippen molar-refractivity contribution in [3.63, 3.8) is 0 Å². The molecule has 13 heteroatoms. The monoisotopic (exact) mass is 751 g/mol. The molecule has 47 heavy (non-hydrogen) atoms. The third kappa shape index (κ3) is 5.96. The number of benzene rings is 3. The lowest BCUT2D eigenvalue weighted by Crippen LogP contribution is -2.42. The van der Waals surface area contributed by atoms with Crippen LogP contribution in [-0.2, 0) is 13.6 Å². The number of aliphatic hydroxyl groups is 1. The van der Waals surface area contributed by atoms with E-state index in [1.807, 2.05) is 22.6 Å². The molecule has 1 aliphatic rings. The quantitative estimate of drug-likeness (QED) is 0.242. The molecule has 3 aromatic carbocycles. The third-order valence-corrected chi connectivity index (χ3v) is 9.04. The number of pyridine rings is 1. The fourth-order valence-electron chi connectivity index (χ4n) is 5.89. The predicted octanol–water partition coefficient (Wildman–Crippen LogP) is 3.91. The molecular formula is C34H31FIN5O6. The van der Waals surface area contributed by atoms with Gasteiger partial charge in [-0.1, -0.05) is 18.2 Å². The van der Waals surface area contributed by atoms with E-state index in [1.54, 1.807) is 66.4 Å². The molecule has 0 saturated carbocycles. The molecule has 0 bridgehead atoms. The highest BCUT2D eigenvalue weighted by molar-refractivity contribution is 14.1. The van der Waals surface area contributed by atoms with Crippen molar-refractivity contribution in [2.75, 3.05) is 25.5 Å². The molecule has 5 aromatic rings. The second kappa shape index (κ2) is 12.8. The van der Waals surface area contributed by atoms with Gasteiger partial charge >= 0.3 is 5.69 Å². The fourth-order valence-corrected chi connectivity index (χ4v) is 6.34. The van der Waals surface area contributed by atoms with E-state index in [0.717, 1.165) is 9.13 Å². The van der Waals surface area contributed by atoms with Crippen LogP contribution in [0.2, 0.25) is 0 Å². The Kier molecular flexibility index (Phi) is 8.76. The van der Waals surface area contributed by atoms with E-state index in [1.165, 1.54) is 30.9 Å². The molecular weight excluding hydrogens is 720 g/mol. The molecule has 1 amide bonds. The fraction of sp³-hybridized carbons (Fsp3) is 0.235. The van der Waals surface area contributed by atoms with Crippen LogP contribution in [0.4, 0.5) is 15.8 Å². The van der Waals surface area contributed by atoms with Gasteiger partial charge in [-0.2, -0.15) is 0 Å². The summed E-state index contributed by atoms with van der Waals surface area (Å²) in [5.74, 6) is -0.381. The van der Waals surface area contributed by atoms with Crippen molar-refractivity contribution in [2.45, 2.75) is 26.0 Å². The van der Waals surface area contributed by atoms with E-state index in [0.29, 0.717) is 39.1 Å². The second-order valence-electron chi connectivity index (χ2n) is 11.4. The van der Waals surface area contributed by atoms with Crippen LogP contribution in [-0.4, -0.2) is 55.9 Å². The summed E-state index contributed by atoms with van der Waals surface area (Å²) in [5.41, 5.74) is -0.573. The summed E-state index contributed by atoms with van der Waals surface area (Å²) in [4.78, 5) is 57.0. The number of nitrogens with one attached hydrogen (secondary N) is 1. The number of aromatic nitrogens is 3. The van der Waals surface area contributed by atoms with Crippen LogP contribution >= 0.6 is 22.6 Å². The second-order valence-corrected chi connectivity index (χ2v) is 12.7. The summed E-state index contributed by atoms with van der Waals surface area (Å²) in [6, 6.07) is 17.8. The van der Waals surface area contributed by atoms with E-state index < -0.39 is 28.7 Å². The topological polar surface area (TPSA) is 128 Å². The zero-order valence-corrected chi connectivity index (χ0v) is 27.9. The standard InChI is InChI=1S/C34H31FIN5O6/c1-19-29(37-23-6-4-5-21(15-23)32(44)39-14-13-24(42)18-39)28-30(38(2)31(19)43)41(27-12-9-22(36)16-26(27)35)34(46)40(33(28)45)17-20-7-10-25(47-3)11-8-20/h4-12,15-16,24,37,42H,13-14,17-18H2,1-3H3. The zero-order valence-electron chi connectivity index (χ0n) is 25.8. The number of ether oxygens (including phenoxy) is 1. The van der Waals surface area contributed by atoms with Gasteiger partial charge in [-0.05, 0) is 90.0 Å². The Morgan fingerprint density at radius 1 is 1.06 bits per heavy atom. The first-order valence-corrected chi connectivity index (χ1v) is 15.9. The maximum Gasteiger partial charge on any atom is 0.337 e. The summed E-state index contributed by atoms with van der Waals surface area (Å²) in [6.45, 7) is 2.07. The maximum absolute atomic E-state index is 15.6. The molecule has 1 unspecified atom stereocenters. The lowest BCUT2D eigenvalue weighted by molar-refractivity contribution is 0.0765. The number of amides is 1. The maximum atomic E-state index is 15.6. The van der Waals surface area contributed by atoms with Crippen molar-refractivity contribution in [1.29, 1.82) is 0 Å². The number of anilines is 2. The first kappa shape index (κ1) is 32.2. The summed E-state index contributed by atoms with van der Waals surface area (Å²) in [7, 11) is 2.96. The van der Waals surface area contributed by atoms with E-state index >= 15 is 4.39 Å². The first-order chi connectivity index (χ1) is 22.5. The SMILES string of the molecule is COc1ccc(Cn2c(=O)c3c(Nc4cccc(C(=O)N5CCC(O)C5)c4)c(C)c(=O)n(C)c3n(-c3ccc(I)cc3F)c2=O)cc1. The van der Waals surface area contributed by atoms with Crippen LogP contribution in [0.25, 0.3) is 16.7 Å². The number of nitrogens with zero attached hydrogens (tertiary/aromatic N) is 4. The van der Waals surface area contributed by atoms with Crippen molar-refractivity contribution >= 4 is 50.9 Å². The number of carbonyl (C=O) groups is 1. The Morgan fingerprint density at radius 3 is 2.47 bits per heavy atom. The number of aliphatic hydroxyl groups excluding tert-OH is 1. The molecule has 11 nitrogen and oxygen atoms in total. The normalized spacial score (nSPS) is 14.5. The van der Waals surface area contributed by atoms with Gasteiger partial charge in [-0.25, -0.2) is 13.8 Å². The van der Waals surface area contributed by atoms with E-state index in [-0.39, 0.29) is 47.0 Å². The average Bonchev–Trinajstić information content (AvgIpc) is 3.50. The van der Waals surface area contributed by atoms with Crippen LogP contribution in [0.3, 0.4) is 0 Å². The predicted molar refractivity (Wildman–Crippen MR) is 185 cm³/mol. The summed E-state index contributed by atoms with van der Waals surface area (Å²) < 4.78 is 24.7. The van der Waals surface area contributed by atoms with Crippen LogP contribution in [0.1, 0.15) is 27.9 Å². The average molecular weight is 752 g/mol. The Hall–Kier alpha value is -4.76. The van der Waals surface area contributed by atoms with Crippen molar-refractivity contribution in [2.24, 2.45) is 7.05 Å². The van der Waals surface area contributed by atoms with Crippen molar-refractivity contribution in [1.82, 2.24) is 18.6 Å². The van der Waals surface area contributed by atoms with Crippen molar-refractivity contribution in [3.8, 4) is 11.4 Å². The Bertz CT molecular complexity index is 2230. The molecule has 3 heterocycles. The van der Waals surface area contributed by atoms with Gasteiger partial charge in [0.1, 0.15) is 22.6 Å². The van der Waals surface area contributed by atoms with Gasteiger partial charge in [0.25, 0.3) is 17.0 Å². The number of carbonyl (C=O) groups excluding carboxylic acids is 1. The number of likely N-dealkylation sites (tertiary alicyclic amines) is 1. The van der Waals surface area contributed by atoms with Gasteiger partial charge < -0.3 is 20.1 Å². The molecule has 2 N–H and O–H groups in total. The molecule has 2 aromatic heterocycles. The van der Waals surface area contributed by atoms with Gasteiger partial charge in [-0.3, -0.25) is 23.5 Å². The third-order valence-electron chi connectivity index (χ3n) is 8.36. The lowest BCUT2D eigenvalue weighted by Gasteiger charge is -2.21. The molecule has 1 fully saturated rings. The van der Waals surface area contributed by atoms with Crippen molar-refractivity contribution in [3.05, 3.63) is 124 Å². The highest BCUT2D eigenvalue weighted by Gasteiger charge is 2.27. The molecule has 1 aliphatic heterocycles. The smallest absolute Gasteiger partial charge is 0.337 e. The molecule has 0 spiro atoms. The van der Waals surface area contributed by atoms with Crippen LogP contribution in [0.5, 0.6) is 5.75 Å². The van der Waals surface area contributed by atoms with Gasteiger partial charge in [0.15, 0.2) is 0 Å². The molecule has 1 saturated heterocycles. The van der Waals surface area contributed by atoms with Gasteiger partial charge in [0, 0.05) is 40.5 Å². The number of rotatable bonds is 7. The number of hydrogen-bond acceptors (Lipinski definition) is 7. The molecule has 1 atom stereocenters. The highest BCUT2D eigenvalue weighted by atomic mass is 127. The van der Waals surface area contributed by atoms with E-state index in [9.17, 15) is 24.3 Å². The van der Waals surface area contributed by atoms with E-state index in [4.69, 9.17) is 4.74 Å². The number of β-amino-alcohol motifs (C(OH)–C–C–N with tert-alkyl or cyclic N) is 1. The number of halogens is 2. The van der Waals surface area contributed by atoms with Gasteiger partial charge in [-0.15, -0.1) is 0 Å². The Balaban J connectivity index is 1.60. The molecule has 0 aliphatic carbocycles. The number of aryl methyl sites for hydroxylation is 1. The van der Waals surface area contributed by atoms with Crippen LogP contribution in [0, 0.1) is 16.3 Å². The molecule has 0 radical (unpaired) electrons. The van der Waals surface area contributed by atoms with Gasteiger partial charge in [0.05, 0.1) is 31.1 Å². The largest absolute Gasteiger partial charge is 0.497 e. The molecule has 242 valence electrons. The Morgan fingerprint density at radius 2 is 1.81 bits per heavy atom. The lowest BCUT2D eigenvalue weighted by atomic mass is 10.1. The van der Waals surface area contributed by atoms with Gasteiger partial charge in [0.2, 0.25) is 0 Å². The van der Waals surface area contributed by atoms with E-state index in [2.05, 4.69) is 5.32 Å². The molecule has 6 rings (SSSR count). The first-order valence-electron chi connectivity index (χ1n) is 14.8. The minimum absolute atomic E-state index is 0.0185. The summed E-state index contributed by atoms with van der Waals surface area (Å²) >= 11 is 1.96. The highest BCUT2D eigenvalue weighted by Crippen LogP contribution is 2.28. The number of methoxy groups -OCH3 is 1. The number of fused-ring (bicyclic) bond motifs is 1. The minimum atomic E-state index is -0.830. The summed E-state index contributed by atoms with van der Waals surface area (Å²) in [6.07, 6.45) is -0.0844.